The van der Waals surface area contributed by atoms with E-state index < -0.39 is 0 Å². The van der Waals surface area contributed by atoms with Gasteiger partial charge >= 0.3 is 0 Å². The predicted molar refractivity (Wildman–Crippen MR) is 67.9 cm³/mol. The highest BCUT2D eigenvalue weighted by Crippen LogP contribution is 2.24. The maximum atomic E-state index is 3.49. The number of allylic oxidation sites excluding steroid dienone is 6. The fourth-order valence-electron chi connectivity index (χ4n) is 2.18. The highest BCUT2D eigenvalue weighted by atomic mass is 14.9. The molecule has 1 fully saturated rings. The lowest BCUT2D eigenvalue weighted by Gasteiger charge is -2.28. The van der Waals surface area contributed by atoms with Crippen LogP contribution in [-0.4, -0.2) is 12.6 Å². The van der Waals surface area contributed by atoms with Crippen LogP contribution in [0.25, 0.3) is 0 Å². The Balaban J connectivity index is 2.58. The molecule has 0 aliphatic carbocycles. The summed E-state index contributed by atoms with van der Waals surface area (Å²) in [5.41, 5.74) is 1.49. The molecule has 0 aromatic carbocycles. The molecule has 1 heteroatoms. The summed E-state index contributed by atoms with van der Waals surface area (Å²) in [5.74, 6) is 0.743. The van der Waals surface area contributed by atoms with Crippen molar-refractivity contribution in [2.45, 2.75) is 39.7 Å². The first-order chi connectivity index (χ1) is 7.27. The molecule has 1 aliphatic rings. The second kappa shape index (κ2) is 6.62. The molecule has 0 spiro atoms. The van der Waals surface area contributed by atoms with Gasteiger partial charge in [-0.05, 0) is 51.6 Å². The van der Waals surface area contributed by atoms with E-state index in [1.165, 1.54) is 18.4 Å². The van der Waals surface area contributed by atoms with Crippen LogP contribution in [0, 0.1) is 5.92 Å². The average Bonchev–Trinajstić information content (AvgIpc) is 2.24. The maximum Gasteiger partial charge on any atom is 0.00445 e. The molecule has 0 amide bonds. The summed E-state index contributed by atoms with van der Waals surface area (Å²) in [5, 5.41) is 3.49. The van der Waals surface area contributed by atoms with Gasteiger partial charge in [-0.1, -0.05) is 30.4 Å². The van der Waals surface area contributed by atoms with Gasteiger partial charge in [-0.2, -0.15) is 0 Å². The Morgan fingerprint density at radius 1 is 1.27 bits per heavy atom. The van der Waals surface area contributed by atoms with Crippen LogP contribution in [0.3, 0.4) is 0 Å². The third-order valence-corrected chi connectivity index (χ3v) is 3.02. The molecule has 0 saturated carbocycles. The fraction of sp³-hybridized carbons (Fsp3) is 0.571. The van der Waals surface area contributed by atoms with Crippen LogP contribution in [0.2, 0.25) is 0 Å². The van der Waals surface area contributed by atoms with Crippen molar-refractivity contribution >= 4 is 0 Å². The molecule has 0 bridgehead atoms. The second-order valence-corrected chi connectivity index (χ2v) is 4.25. The first-order valence-corrected chi connectivity index (χ1v) is 5.97. The molecule has 0 aromatic heterocycles. The molecule has 2 unspecified atom stereocenters. The van der Waals surface area contributed by atoms with Gasteiger partial charge in [0.05, 0.1) is 0 Å². The minimum absolute atomic E-state index is 0.661. The first-order valence-electron chi connectivity index (χ1n) is 5.97. The minimum atomic E-state index is 0.661. The van der Waals surface area contributed by atoms with Crippen molar-refractivity contribution in [1.29, 1.82) is 0 Å². The standard InChI is InChI=1S/C14H23N/c1-4-6-7-8-13(5-2)14-9-10-15-12(3)11-14/h4-8,12,14-15H,9-11H2,1-3H3/b6-4-,8-7-,13-5+. The summed E-state index contributed by atoms with van der Waals surface area (Å²) in [6, 6.07) is 0.661. The van der Waals surface area contributed by atoms with Crippen LogP contribution in [-0.2, 0) is 0 Å². The molecule has 1 saturated heterocycles. The van der Waals surface area contributed by atoms with Crippen molar-refractivity contribution in [2.24, 2.45) is 5.92 Å². The van der Waals surface area contributed by atoms with Crippen molar-refractivity contribution in [3.05, 3.63) is 36.0 Å². The van der Waals surface area contributed by atoms with E-state index >= 15 is 0 Å². The Labute approximate surface area is 94.0 Å². The van der Waals surface area contributed by atoms with Crippen molar-refractivity contribution < 1.29 is 0 Å². The van der Waals surface area contributed by atoms with E-state index in [9.17, 15) is 0 Å². The van der Waals surface area contributed by atoms with E-state index in [-0.39, 0.29) is 0 Å². The van der Waals surface area contributed by atoms with Crippen LogP contribution in [0.1, 0.15) is 33.6 Å². The number of hydrogen-bond acceptors (Lipinski definition) is 1. The lowest BCUT2D eigenvalue weighted by atomic mass is 9.86. The third kappa shape index (κ3) is 4.05. The quantitative estimate of drug-likeness (QED) is 0.696. The van der Waals surface area contributed by atoms with E-state index in [1.54, 1.807) is 0 Å². The Hall–Kier alpha value is -0.820. The van der Waals surface area contributed by atoms with Gasteiger partial charge in [0.15, 0.2) is 0 Å². The maximum absolute atomic E-state index is 3.49. The molecule has 1 nitrogen and oxygen atoms in total. The van der Waals surface area contributed by atoms with Crippen molar-refractivity contribution in [3.8, 4) is 0 Å². The zero-order valence-electron chi connectivity index (χ0n) is 10.2. The summed E-state index contributed by atoms with van der Waals surface area (Å²) in [7, 11) is 0. The number of rotatable bonds is 3. The van der Waals surface area contributed by atoms with Gasteiger partial charge in [-0.3, -0.25) is 0 Å². The molecule has 1 rings (SSSR count). The van der Waals surface area contributed by atoms with Gasteiger partial charge in [0.1, 0.15) is 0 Å². The molecule has 2 atom stereocenters. The molecular weight excluding hydrogens is 182 g/mol. The van der Waals surface area contributed by atoms with Gasteiger partial charge < -0.3 is 5.32 Å². The summed E-state index contributed by atoms with van der Waals surface area (Å²) in [4.78, 5) is 0. The highest BCUT2D eigenvalue weighted by Gasteiger charge is 2.19. The topological polar surface area (TPSA) is 12.0 Å². The fourth-order valence-corrected chi connectivity index (χ4v) is 2.18. The monoisotopic (exact) mass is 205 g/mol. The van der Waals surface area contributed by atoms with E-state index in [0.29, 0.717) is 6.04 Å². The van der Waals surface area contributed by atoms with Gasteiger partial charge in [0, 0.05) is 6.04 Å². The summed E-state index contributed by atoms with van der Waals surface area (Å²) >= 11 is 0. The van der Waals surface area contributed by atoms with Crippen molar-refractivity contribution in [2.75, 3.05) is 6.54 Å². The SMILES string of the molecule is C\C=C/C=C\C(=C/C)C1CCNC(C)C1. The van der Waals surface area contributed by atoms with Crippen molar-refractivity contribution in [3.63, 3.8) is 0 Å². The number of piperidine rings is 1. The Morgan fingerprint density at radius 2 is 2.07 bits per heavy atom. The van der Waals surface area contributed by atoms with Crippen LogP contribution < -0.4 is 5.32 Å². The van der Waals surface area contributed by atoms with E-state index in [0.717, 1.165) is 12.5 Å². The Bertz CT molecular complexity index is 261. The molecule has 1 heterocycles. The van der Waals surface area contributed by atoms with Gasteiger partial charge in [0.25, 0.3) is 0 Å². The summed E-state index contributed by atoms with van der Waals surface area (Å²) < 4.78 is 0. The summed E-state index contributed by atoms with van der Waals surface area (Å²) in [6.07, 6.45) is 13.3. The summed E-state index contributed by atoms with van der Waals surface area (Å²) in [6.45, 7) is 7.62. The second-order valence-electron chi connectivity index (χ2n) is 4.25. The molecule has 0 radical (unpaired) electrons. The first kappa shape index (κ1) is 12.3. The average molecular weight is 205 g/mol. The van der Waals surface area contributed by atoms with E-state index in [2.05, 4.69) is 49.5 Å². The van der Waals surface area contributed by atoms with Gasteiger partial charge in [-0.15, -0.1) is 0 Å². The van der Waals surface area contributed by atoms with E-state index in [1.807, 2.05) is 6.92 Å². The van der Waals surface area contributed by atoms with Crippen LogP contribution in [0.5, 0.6) is 0 Å². The Kier molecular flexibility index (Phi) is 5.41. The van der Waals surface area contributed by atoms with Crippen LogP contribution >= 0.6 is 0 Å². The highest BCUT2D eigenvalue weighted by molar-refractivity contribution is 5.24. The van der Waals surface area contributed by atoms with Gasteiger partial charge in [-0.25, -0.2) is 0 Å². The van der Waals surface area contributed by atoms with Crippen LogP contribution in [0.15, 0.2) is 36.0 Å². The minimum Gasteiger partial charge on any atom is -0.314 e. The largest absolute Gasteiger partial charge is 0.314 e. The lowest BCUT2D eigenvalue weighted by molar-refractivity contribution is 0.353. The van der Waals surface area contributed by atoms with E-state index in [4.69, 9.17) is 0 Å². The smallest absolute Gasteiger partial charge is 0.00445 e. The Morgan fingerprint density at radius 3 is 2.67 bits per heavy atom. The molecule has 1 N–H and O–H groups in total. The molecule has 15 heavy (non-hydrogen) atoms. The molecule has 0 aromatic rings. The normalized spacial score (nSPS) is 29.1. The molecule has 84 valence electrons. The predicted octanol–water partition coefficient (Wildman–Crippen LogP) is 3.45. The number of nitrogens with one attached hydrogen (secondary N) is 1. The zero-order chi connectivity index (χ0) is 11.1. The van der Waals surface area contributed by atoms with Crippen LogP contribution in [0.4, 0.5) is 0 Å². The van der Waals surface area contributed by atoms with Gasteiger partial charge in [0.2, 0.25) is 0 Å². The molecule has 1 aliphatic heterocycles. The third-order valence-electron chi connectivity index (χ3n) is 3.02. The zero-order valence-corrected chi connectivity index (χ0v) is 10.2. The lowest BCUT2D eigenvalue weighted by Crippen LogP contribution is -2.36. The molecular formula is C14H23N. The van der Waals surface area contributed by atoms with Crippen molar-refractivity contribution in [1.82, 2.24) is 5.32 Å². The number of hydrogen-bond donors (Lipinski definition) is 1.